The molecule has 1 aliphatic heterocycles. The smallest absolute Gasteiger partial charge is 0.0755 e. The predicted molar refractivity (Wildman–Crippen MR) is 85.3 cm³/mol. The number of hydrogen-bond donors (Lipinski definition) is 1. The fourth-order valence-corrected chi connectivity index (χ4v) is 2.69. The van der Waals surface area contributed by atoms with Gasteiger partial charge in [-0.1, -0.05) is 32.0 Å². The lowest BCUT2D eigenvalue weighted by Gasteiger charge is -2.23. The van der Waals surface area contributed by atoms with Crippen molar-refractivity contribution in [2.24, 2.45) is 5.92 Å². The largest absolute Gasteiger partial charge is 0.372 e. The van der Waals surface area contributed by atoms with Crippen molar-refractivity contribution in [2.45, 2.75) is 38.9 Å². The number of benzene rings is 1. The van der Waals surface area contributed by atoms with Gasteiger partial charge in [0, 0.05) is 25.8 Å². The first-order valence-corrected chi connectivity index (χ1v) is 7.77. The average molecular weight is 276 g/mol. The number of para-hydroxylation sites is 1. The Kier molecular flexibility index (Phi) is 5.86. The quantitative estimate of drug-likeness (QED) is 0.829. The number of rotatable bonds is 7. The molecule has 1 aromatic carbocycles. The van der Waals surface area contributed by atoms with Crippen molar-refractivity contribution in [3.63, 3.8) is 0 Å². The molecule has 2 atom stereocenters. The number of likely N-dealkylation sites (N-methyl/N-ethyl adjacent to an activating group) is 1. The van der Waals surface area contributed by atoms with Crippen molar-refractivity contribution in [3.8, 4) is 0 Å². The summed E-state index contributed by atoms with van der Waals surface area (Å²) < 4.78 is 6.13. The topological polar surface area (TPSA) is 24.5 Å². The van der Waals surface area contributed by atoms with Crippen molar-refractivity contribution in [3.05, 3.63) is 30.3 Å². The third-order valence-corrected chi connectivity index (χ3v) is 3.79. The van der Waals surface area contributed by atoms with Crippen LogP contribution < -0.4 is 10.2 Å². The molecular weight excluding hydrogens is 248 g/mol. The van der Waals surface area contributed by atoms with Gasteiger partial charge >= 0.3 is 0 Å². The summed E-state index contributed by atoms with van der Waals surface area (Å²) in [6.45, 7) is 7.52. The van der Waals surface area contributed by atoms with Gasteiger partial charge in [0.1, 0.15) is 0 Å². The van der Waals surface area contributed by atoms with Gasteiger partial charge < -0.3 is 15.0 Å². The van der Waals surface area contributed by atoms with Crippen LogP contribution in [0.4, 0.5) is 5.69 Å². The maximum Gasteiger partial charge on any atom is 0.0755 e. The highest BCUT2D eigenvalue weighted by Gasteiger charge is 2.25. The number of anilines is 1. The molecule has 1 N–H and O–H groups in total. The van der Waals surface area contributed by atoms with Crippen LogP contribution in [-0.2, 0) is 4.74 Å². The Morgan fingerprint density at radius 1 is 1.20 bits per heavy atom. The zero-order valence-electron chi connectivity index (χ0n) is 13.0. The second-order valence-corrected chi connectivity index (χ2v) is 6.23. The summed E-state index contributed by atoms with van der Waals surface area (Å²) in [6.07, 6.45) is 3.11. The van der Waals surface area contributed by atoms with E-state index in [1.165, 1.54) is 18.5 Å². The van der Waals surface area contributed by atoms with E-state index in [2.05, 4.69) is 61.4 Å². The van der Waals surface area contributed by atoms with E-state index in [9.17, 15) is 0 Å². The molecule has 1 aromatic rings. The highest BCUT2D eigenvalue weighted by Crippen LogP contribution is 2.22. The van der Waals surface area contributed by atoms with E-state index in [1.54, 1.807) is 0 Å². The van der Waals surface area contributed by atoms with Gasteiger partial charge in [0.25, 0.3) is 0 Å². The molecule has 1 heterocycles. The van der Waals surface area contributed by atoms with E-state index < -0.39 is 0 Å². The van der Waals surface area contributed by atoms with E-state index in [1.807, 2.05) is 0 Å². The number of nitrogens with one attached hydrogen (secondary N) is 1. The summed E-state index contributed by atoms with van der Waals surface area (Å²) in [5.41, 5.74) is 1.26. The number of hydrogen-bond acceptors (Lipinski definition) is 3. The Labute approximate surface area is 123 Å². The Bertz CT molecular complexity index is 380. The molecule has 1 aliphatic rings. The lowest BCUT2D eigenvalue weighted by atomic mass is 10.1. The maximum atomic E-state index is 6.13. The van der Waals surface area contributed by atoms with Crippen molar-refractivity contribution in [2.75, 3.05) is 31.6 Å². The first-order valence-electron chi connectivity index (χ1n) is 7.77. The lowest BCUT2D eigenvalue weighted by molar-refractivity contribution is 0.0497. The van der Waals surface area contributed by atoms with Crippen molar-refractivity contribution in [1.82, 2.24) is 5.32 Å². The molecule has 1 saturated heterocycles. The number of nitrogens with zero attached hydrogens (tertiary/aromatic N) is 1. The average Bonchev–Trinajstić information content (AvgIpc) is 2.87. The zero-order valence-corrected chi connectivity index (χ0v) is 13.0. The summed E-state index contributed by atoms with van der Waals surface area (Å²) in [7, 11) is 2.14. The minimum Gasteiger partial charge on any atom is -0.372 e. The van der Waals surface area contributed by atoms with Crippen LogP contribution in [0.15, 0.2) is 30.3 Å². The van der Waals surface area contributed by atoms with E-state index in [0.717, 1.165) is 19.6 Å². The van der Waals surface area contributed by atoms with Crippen LogP contribution in [0.1, 0.15) is 26.7 Å². The summed E-state index contributed by atoms with van der Waals surface area (Å²) in [6, 6.07) is 10.5. The highest BCUT2D eigenvalue weighted by molar-refractivity contribution is 5.45. The third kappa shape index (κ3) is 4.80. The molecule has 1 fully saturated rings. The number of ether oxygens (including phenoxy) is 1. The van der Waals surface area contributed by atoms with Crippen molar-refractivity contribution >= 4 is 5.69 Å². The zero-order chi connectivity index (χ0) is 14.4. The van der Waals surface area contributed by atoms with Gasteiger partial charge in [0.2, 0.25) is 0 Å². The van der Waals surface area contributed by atoms with Gasteiger partial charge in [-0.25, -0.2) is 0 Å². The second kappa shape index (κ2) is 7.65. The van der Waals surface area contributed by atoms with Crippen LogP contribution in [-0.4, -0.2) is 38.9 Å². The van der Waals surface area contributed by atoms with Crippen molar-refractivity contribution in [1.29, 1.82) is 0 Å². The molecule has 0 aliphatic carbocycles. The molecule has 2 rings (SSSR count). The molecule has 20 heavy (non-hydrogen) atoms. The molecule has 0 bridgehead atoms. The van der Waals surface area contributed by atoms with Crippen LogP contribution in [0.2, 0.25) is 0 Å². The molecule has 3 heteroatoms. The molecule has 112 valence electrons. The van der Waals surface area contributed by atoms with E-state index in [-0.39, 0.29) is 0 Å². The molecule has 0 amide bonds. The van der Waals surface area contributed by atoms with Gasteiger partial charge in [-0.05, 0) is 37.4 Å². The molecule has 0 radical (unpaired) electrons. The van der Waals surface area contributed by atoms with Gasteiger partial charge in [-0.3, -0.25) is 0 Å². The van der Waals surface area contributed by atoms with Crippen LogP contribution >= 0.6 is 0 Å². The van der Waals surface area contributed by atoms with Crippen LogP contribution in [0.3, 0.4) is 0 Å². The Morgan fingerprint density at radius 2 is 1.90 bits per heavy atom. The predicted octanol–water partition coefficient (Wildman–Crippen LogP) is 2.92. The van der Waals surface area contributed by atoms with E-state index >= 15 is 0 Å². The first kappa shape index (κ1) is 15.3. The van der Waals surface area contributed by atoms with Gasteiger partial charge in [-0.15, -0.1) is 0 Å². The first-order chi connectivity index (χ1) is 9.65. The Morgan fingerprint density at radius 3 is 2.60 bits per heavy atom. The minimum absolute atomic E-state index is 0.367. The van der Waals surface area contributed by atoms with Crippen LogP contribution in [0.5, 0.6) is 0 Å². The van der Waals surface area contributed by atoms with Crippen molar-refractivity contribution < 1.29 is 4.74 Å². The SMILES string of the molecule is CC(C)CNCC1CCC(CN(C)c2ccccc2)O1. The normalized spacial score (nSPS) is 22.4. The standard InChI is InChI=1S/C17H28N2O/c1-14(2)11-18-12-16-9-10-17(20-16)13-19(3)15-7-5-4-6-8-15/h4-8,14,16-18H,9-13H2,1-3H3. The summed E-state index contributed by atoms with van der Waals surface area (Å²) in [4.78, 5) is 2.29. The Hall–Kier alpha value is -1.06. The maximum absolute atomic E-state index is 6.13. The van der Waals surface area contributed by atoms with Gasteiger partial charge in [0.05, 0.1) is 12.2 Å². The molecule has 2 unspecified atom stereocenters. The molecule has 0 spiro atoms. The van der Waals surface area contributed by atoms with Crippen LogP contribution in [0, 0.1) is 5.92 Å². The second-order valence-electron chi connectivity index (χ2n) is 6.23. The Balaban J connectivity index is 1.70. The monoisotopic (exact) mass is 276 g/mol. The molecular formula is C17H28N2O. The fraction of sp³-hybridized carbons (Fsp3) is 0.647. The van der Waals surface area contributed by atoms with E-state index in [4.69, 9.17) is 4.74 Å². The summed E-state index contributed by atoms with van der Waals surface area (Å²) in [5.74, 6) is 0.705. The summed E-state index contributed by atoms with van der Waals surface area (Å²) in [5, 5.41) is 3.49. The molecule has 0 aromatic heterocycles. The molecule has 0 saturated carbocycles. The highest BCUT2D eigenvalue weighted by atomic mass is 16.5. The minimum atomic E-state index is 0.367. The van der Waals surface area contributed by atoms with E-state index in [0.29, 0.717) is 18.1 Å². The lowest BCUT2D eigenvalue weighted by Crippen LogP contribution is -2.32. The fourth-order valence-electron chi connectivity index (χ4n) is 2.69. The molecule has 3 nitrogen and oxygen atoms in total. The van der Waals surface area contributed by atoms with Gasteiger partial charge in [0.15, 0.2) is 0 Å². The van der Waals surface area contributed by atoms with Gasteiger partial charge in [-0.2, -0.15) is 0 Å². The summed E-state index contributed by atoms with van der Waals surface area (Å²) >= 11 is 0. The van der Waals surface area contributed by atoms with Crippen LogP contribution in [0.25, 0.3) is 0 Å². The third-order valence-electron chi connectivity index (χ3n) is 3.79.